The van der Waals surface area contributed by atoms with Gasteiger partial charge in [0.15, 0.2) is 5.78 Å². The van der Waals surface area contributed by atoms with Gasteiger partial charge in [-0.15, -0.1) is 0 Å². The maximum absolute atomic E-state index is 13.0. The Hall–Kier alpha value is -0.930. The van der Waals surface area contributed by atoms with E-state index >= 15 is 0 Å². The summed E-state index contributed by atoms with van der Waals surface area (Å²) < 4.78 is 13.0. The topological polar surface area (TPSA) is 43.1 Å². The highest BCUT2D eigenvalue weighted by atomic mass is 35.5. The van der Waals surface area contributed by atoms with Crippen LogP contribution in [0.25, 0.3) is 0 Å². The van der Waals surface area contributed by atoms with Crippen molar-refractivity contribution in [1.29, 1.82) is 0 Å². The number of Topliss-reactive ketones (excluding diaryl/α,β-unsaturated/α-hetero) is 1. The van der Waals surface area contributed by atoms with Gasteiger partial charge < -0.3 is 5.73 Å². The van der Waals surface area contributed by atoms with Gasteiger partial charge in [-0.2, -0.15) is 0 Å². The van der Waals surface area contributed by atoms with Gasteiger partial charge >= 0.3 is 0 Å². The highest BCUT2D eigenvalue weighted by Crippen LogP contribution is 2.34. The molecule has 0 radical (unpaired) electrons. The minimum Gasteiger partial charge on any atom is -0.319 e. The molecule has 0 bridgehead atoms. The molecule has 15 heavy (non-hydrogen) atoms. The van der Waals surface area contributed by atoms with Crippen molar-refractivity contribution in [2.24, 2.45) is 5.73 Å². The Balaban J connectivity index is 2.36. The molecular weight excluding hydrogens is 217 g/mol. The molecule has 0 aliphatic heterocycles. The number of hydrogen-bond acceptors (Lipinski definition) is 2. The van der Waals surface area contributed by atoms with E-state index < -0.39 is 11.4 Å². The number of carbonyl (C=O) groups is 1. The number of rotatable bonds is 2. The Morgan fingerprint density at radius 3 is 2.67 bits per heavy atom. The van der Waals surface area contributed by atoms with Crippen LogP contribution in [0.3, 0.4) is 0 Å². The van der Waals surface area contributed by atoms with Crippen LogP contribution in [0.4, 0.5) is 4.39 Å². The van der Waals surface area contributed by atoms with Gasteiger partial charge in [-0.3, -0.25) is 4.79 Å². The minimum atomic E-state index is -0.822. The first-order chi connectivity index (χ1) is 7.03. The lowest BCUT2D eigenvalue weighted by atomic mass is 9.73. The maximum atomic E-state index is 13.0. The van der Waals surface area contributed by atoms with E-state index in [2.05, 4.69) is 0 Å². The van der Waals surface area contributed by atoms with Crippen molar-refractivity contribution in [1.82, 2.24) is 0 Å². The highest BCUT2D eigenvalue weighted by Gasteiger charge is 2.41. The lowest BCUT2D eigenvalue weighted by molar-refractivity contribution is 0.0800. The number of ketones is 1. The van der Waals surface area contributed by atoms with Gasteiger partial charge in [-0.25, -0.2) is 4.39 Å². The highest BCUT2D eigenvalue weighted by molar-refractivity contribution is 6.34. The van der Waals surface area contributed by atoms with Crippen molar-refractivity contribution in [2.75, 3.05) is 0 Å². The summed E-state index contributed by atoms with van der Waals surface area (Å²) in [6.07, 6.45) is 2.24. The Bertz CT molecular complexity index is 415. The van der Waals surface area contributed by atoms with E-state index in [1.165, 1.54) is 12.1 Å². The van der Waals surface area contributed by atoms with E-state index in [-0.39, 0.29) is 16.4 Å². The quantitative estimate of drug-likeness (QED) is 0.789. The Morgan fingerprint density at radius 1 is 1.47 bits per heavy atom. The molecule has 0 unspecified atom stereocenters. The molecule has 1 aromatic rings. The number of carbonyl (C=O) groups excluding carboxylic acids is 1. The number of hydrogen-bond donors (Lipinski definition) is 1. The van der Waals surface area contributed by atoms with Crippen LogP contribution in [0.2, 0.25) is 5.02 Å². The molecule has 2 rings (SSSR count). The number of nitrogens with two attached hydrogens (primary N) is 1. The van der Waals surface area contributed by atoms with Crippen molar-refractivity contribution >= 4 is 17.4 Å². The van der Waals surface area contributed by atoms with E-state index in [9.17, 15) is 9.18 Å². The summed E-state index contributed by atoms with van der Waals surface area (Å²) >= 11 is 5.84. The third kappa shape index (κ3) is 1.77. The van der Waals surface area contributed by atoms with E-state index in [4.69, 9.17) is 17.3 Å². The first-order valence-electron chi connectivity index (χ1n) is 4.82. The molecule has 0 atom stereocenters. The molecule has 1 fully saturated rings. The standard InChI is InChI=1S/C11H11ClFNO/c12-9-3-2-7(13)6-8(9)10(15)11(14)4-1-5-11/h2-3,6H,1,4-5,14H2. The molecule has 0 saturated heterocycles. The van der Waals surface area contributed by atoms with Crippen LogP contribution >= 0.6 is 11.6 Å². The van der Waals surface area contributed by atoms with Crippen molar-refractivity contribution in [3.05, 3.63) is 34.6 Å². The average Bonchev–Trinajstić information content (AvgIpc) is 2.17. The first kappa shape index (κ1) is 10.6. The summed E-state index contributed by atoms with van der Waals surface area (Å²) in [4.78, 5) is 11.9. The van der Waals surface area contributed by atoms with Crippen LogP contribution in [0, 0.1) is 5.82 Å². The zero-order valence-electron chi connectivity index (χ0n) is 8.09. The predicted molar refractivity (Wildman–Crippen MR) is 56.5 cm³/mol. The van der Waals surface area contributed by atoms with E-state index in [0.29, 0.717) is 12.8 Å². The molecule has 1 aromatic carbocycles. The van der Waals surface area contributed by atoms with Gasteiger partial charge in [0.2, 0.25) is 0 Å². The van der Waals surface area contributed by atoms with Gasteiger partial charge in [0.05, 0.1) is 10.6 Å². The van der Waals surface area contributed by atoms with Gasteiger partial charge in [-0.05, 0) is 37.5 Å². The smallest absolute Gasteiger partial charge is 0.184 e. The van der Waals surface area contributed by atoms with E-state index in [1.807, 2.05) is 0 Å². The van der Waals surface area contributed by atoms with Gasteiger partial charge in [0, 0.05) is 5.56 Å². The van der Waals surface area contributed by atoms with Gasteiger partial charge in [0.1, 0.15) is 5.82 Å². The zero-order chi connectivity index (χ0) is 11.1. The lowest BCUT2D eigenvalue weighted by Crippen LogP contribution is -2.53. The van der Waals surface area contributed by atoms with Gasteiger partial charge in [-0.1, -0.05) is 11.6 Å². The summed E-state index contributed by atoms with van der Waals surface area (Å²) in [6, 6.07) is 3.76. The Labute approximate surface area is 92.2 Å². The van der Waals surface area contributed by atoms with Crippen LogP contribution in [-0.2, 0) is 0 Å². The summed E-state index contributed by atoms with van der Waals surface area (Å²) in [5.41, 5.74) is 5.24. The summed E-state index contributed by atoms with van der Waals surface area (Å²) in [5.74, 6) is -0.719. The van der Waals surface area contributed by atoms with Crippen LogP contribution in [0.15, 0.2) is 18.2 Å². The van der Waals surface area contributed by atoms with Crippen molar-refractivity contribution in [3.63, 3.8) is 0 Å². The third-order valence-corrected chi connectivity index (χ3v) is 3.20. The SMILES string of the molecule is NC1(C(=O)c2cc(F)ccc2Cl)CCC1. The molecule has 80 valence electrons. The van der Waals surface area contributed by atoms with Crippen LogP contribution < -0.4 is 5.73 Å². The van der Waals surface area contributed by atoms with Gasteiger partial charge in [0.25, 0.3) is 0 Å². The van der Waals surface area contributed by atoms with E-state index in [0.717, 1.165) is 12.5 Å². The molecule has 0 aromatic heterocycles. The molecule has 1 aliphatic rings. The minimum absolute atomic E-state index is 0.193. The maximum Gasteiger partial charge on any atom is 0.184 e. The second kappa shape index (κ2) is 3.58. The molecule has 0 spiro atoms. The summed E-state index contributed by atoms with van der Waals surface area (Å²) in [7, 11) is 0. The predicted octanol–water partition coefficient (Wildman–Crippen LogP) is 2.54. The summed E-state index contributed by atoms with van der Waals surface area (Å²) in [6.45, 7) is 0. The molecule has 2 nitrogen and oxygen atoms in total. The average molecular weight is 228 g/mol. The Morgan fingerprint density at radius 2 is 2.13 bits per heavy atom. The van der Waals surface area contributed by atoms with Crippen molar-refractivity contribution < 1.29 is 9.18 Å². The molecule has 2 N–H and O–H groups in total. The second-order valence-electron chi connectivity index (χ2n) is 3.96. The molecule has 4 heteroatoms. The molecule has 0 heterocycles. The number of benzene rings is 1. The fourth-order valence-corrected chi connectivity index (χ4v) is 1.93. The lowest BCUT2D eigenvalue weighted by Gasteiger charge is -2.36. The first-order valence-corrected chi connectivity index (χ1v) is 5.19. The fourth-order valence-electron chi connectivity index (χ4n) is 1.72. The third-order valence-electron chi connectivity index (χ3n) is 2.87. The van der Waals surface area contributed by atoms with Crippen molar-refractivity contribution in [3.8, 4) is 0 Å². The normalized spacial score (nSPS) is 18.3. The summed E-state index contributed by atoms with van der Waals surface area (Å²) in [5, 5.41) is 0.262. The van der Waals surface area contributed by atoms with Crippen molar-refractivity contribution in [2.45, 2.75) is 24.8 Å². The largest absolute Gasteiger partial charge is 0.319 e. The molecule has 1 saturated carbocycles. The van der Waals surface area contributed by atoms with Crippen LogP contribution in [0.5, 0.6) is 0 Å². The Kier molecular flexibility index (Phi) is 2.52. The van der Waals surface area contributed by atoms with Crippen LogP contribution in [0.1, 0.15) is 29.6 Å². The monoisotopic (exact) mass is 227 g/mol. The zero-order valence-corrected chi connectivity index (χ0v) is 8.85. The molecule has 1 aliphatic carbocycles. The number of halogens is 2. The van der Waals surface area contributed by atoms with Crippen LogP contribution in [-0.4, -0.2) is 11.3 Å². The second-order valence-corrected chi connectivity index (χ2v) is 4.37. The van der Waals surface area contributed by atoms with E-state index in [1.54, 1.807) is 0 Å². The molecule has 0 amide bonds. The molecular formula is C11H11ClFNO. The fraction of sp³-hybridized carbons (Fsp3) is 0.364.